The van der Waals surface area contributed by atoms with Crippen molar-refractivity contribution in [2.75, 3.05) is 27.3 Å². The molecule has 4 amide bonds. The van der Waals surface area contributed by atoms with E-state index in [1.807, 2.05) is 84.9 Å². The van der Waals surface area contributed by atoms with Gasteiger partial charge in [0.2, 0.25) is 0 Å². The Morgan fingerprint density at radius 1 is 0.567 bits per heavy atom. The lowest BCUT2D eigenvalue weighted by Gasteiger charge is -2.28. The quantitative estimate of drug-likeness (QED) is 0.113. The van der Waals surface area contributed by atoms with Crippen LogP contribution in [-0.4, -0.2) is 91.5 Å². The van der Waals surface area contributed by atoms with E-state index >= 15 is 0 Å². The van der Waals surface area contributed by atoms with Gasteiger partial charge >= 0.3 is 12.2 Å². The number of nitrogens with zero attached hydrogens (tertiary/aromatic N) is 6. The average molecular weight is 809 g/mol. The summed E-state index contributed by atoms with van der Waals surface area (Å²) in [5, 5.41) is 20.5. The number of amides is 4. The fraction of sp³-hybridized carbons (Fsp3) is 0.273. The van der Waals surface area contributed by atoms with Crippen molar-refractivity contribution >= 4 is 24.0 Å². The molecule has 2 saturated heterocycles. The molecule has 4 heterocycles. The van der Waals surface area contributed by atoms with Gasteiger partial charge in [-0.05, 0) is 47.9 Å². The van der Waals surface area contributed by atoms with E-state index in [-0.39, 0.29) is 23.9 Å². The van der Waals surface area contributed by atoms with Crippen LogP contribution in [0.4, 0.5) is 9.59 Å². The molecular weight excluding hydrogens is 765 g/mol. The molecule has 0 aliphatic carbocycles. The molecule has 2 fully saturated rings. The van der Waals surface area contributed by atoms with Crippen LogP contribution in [0, 0.1) is 0 Å². The Kier molecular flexibility index (Phi) is 11.6. The van der Waals surface area contributed by atoms with E-state index < -0.39 is 24.3 Å². The number of hydrogen-bond donors (Lipinski definition) is 4. The highest BCUT2D eigenvalue weighted by atomic mass is 16.5. The molecule has 4 aromatic carbocycles. The summed E-state index contributed by atoms with van der Waals surface area (Å²) in [6.45, 7) is 1.04. The molecule has 0 saturated carbocycles. The average Bonchev–Trinajstić information content (AvgIpc) is 4.15. The molecule has 0 unspecified atom stereocenters. The number of hydrogen-bond acceptors (Lipinski definition) is 10. The number of likely N-dealkylation sites (tertiary alicyclic amines) is 2. The Morgan fingerprint density at radius 3 is 1.30 bits per heavy atom. The second-order valence-electron chi connectivity index (χ2n) is 14.6. The van der Waals surface area contributed by atoms with Gasteiger partial charge < -0.3 is 29.9 Å². The van der Waals surface area contributed by atoms with Crippen LogP contribution >= 0.6 is 0 Å². The van der Waals surface area contributed by atoms with Gasteiger partial charge in [-0.15, -0.1) is 0 Å². The van der Waals surface area contributed by atoms with Crippen LogP contribution in [0.25, 0.3) is 33.9 Å². The van der Waals surface area contributed by atoms with Gasteiger partial charge in [-0.2, -0.15) is 10.2 Å². The third-order valence-electron chi connectivity index (χ3n) is 11.0. The Hall–Kier alpha value is -7.36. The molecule has 2 aromatic heterocycles. The summed E-state index contributed by atoms with van der Waals surface area (Å²) in [7, 11) is 2.54. The van der Waals surface area contributed by atoms with E-state index in [1.165, 1.54) is 14.2 Å². The Labute approximate surface area is 345 Å². The monoisotopic (exact) mass is 808 g/mol. The van der Waals surface area contributed by atoms with Gasteiger partial charge in [-0.1, -0.05) is 109 Å². The minimum atomic E-state index is -0.908. The highest BCUT2D eigenvalue weighted by molar-refractivity contribution is 5.88. The van der Waals surface area contributed by atoms with Gasteiger partial charge in [-0.3, -0.25) is 19.8 Å². The number of H-pyrrole nitrogens is 2. The van der Waals surface area contributed by atoms with E-state index in [0.717, 1.165) is 35.1 Å². The number of methoxy groups -OCH3 is 2. The van der Waals surface area contributed by atoms with Crippen LogP contribution in [0.2, 0.25) is 0 Å². The summed E-state index contributed by atoms with van der Waals surface area (Å²) in [6, 6.07) is 31.6. The highest BCUT2D eigenvalue weighted by Crippen LogP contribution is 2.36. The second kappa shape index (κ2) is 17.6. The fourth-order valence-corrected chi connectivity index (χ4v) is 7.91. The number of alkyl carbamates (subject to hydrolysis) is 2. The molecule has 8 rings (SSSR count). The van der Waals surface area contributed by atoms with Crippen molar-refractivity contribution in [1.82, 2.24) is 50.8 Å². The van der Waals surface area contributed by atoms with Crippen LogP contribution in [-0.2, 0) is 19.1 Å². The zero-order chi connectivity index (χ0) is 41.6. The number of aromatic nitrogens is 6. The largest absolute Gasteiger partial charge is 0.453 e. The molecular formula is C44H44N10O6. The van der Waals surface area contributed by atoms with Gasteiger partial charge in [0.15, 0.2) is 11.6 Å². The van der Waals surface area contributed by atoms with Crippen LogP contribution in [0.3, 0.4) is 0 Å². The molecule has 6 aromatic rings. The number of rotatable bonds is 11. The van der Waals surface area contributed by atoms with Crippen LogP contribution in [0.15, 0.2) is 109 Å². The molecule has 60 heavy (non-hydrogen) atoms. The van der Waals surface area contributed by atoms with Gasteiger partial charge in [0.1, 0.15) is 23.7 Å². The molecule has 4 N–H and O–H groups in total. The normalized spacial score (nSPS) is 17.2. The SMILES string of the molecule is COC(=O)N[C@@H](C(=O)N1CCC[C@H]1c1nc(-c2ccc(-c3ccc(-c4n[nH]c([C@@H]5CCCN5C(=O)[C@H](NC(=O)OC)c5ccccc5)n4)cc3)cc2)n[nH]1)c1ccccc1. The smallest absolute Gasteiger partial charge is 0.407 e. The summed E-state index contributed by atoms with van der Waals surface area (Å²) in [6.07, 6.45) is 1.59. The highest BCUT2D eigenvalue weighted by Gasteiger charge is 2.39. The molecule has 16 heteroatoms. The van der Waals surface area contributed by atoms with Crippen molar-refractivity contribution in [2.45, 2.75) is 49.9 Å². The van der Waals surface area contributed by atoms with E-state index in [0.29, 0.717) is 60.4 Å². The fourth-order valence-electron chi connectivity index (χ4n) is 7.91. The van der Waals surface area contributed by atoms with Gasteiger partial charge in [0.25, 0.3) is 11.8 Å². The van der Waals surface area contributed by atoms with Crippen molar-refractivity contribution < 1.29 is 28.7 Å². The Morgan fingerprint density at radius 2 is 0.933 bits per heavy atom. The topological polar surface area (TPSA) is 200 Å². The molecule has 0 radical (unpaired) electrons. The summed E-state index contributed by atoms with van der Waals surface area (Å²) in [4.78, 5) is 65.2. The molecule has 16 nitrogen and oxygen atoms in total. The standard InChI is InChI=1S/C44H44N10O6/c1-59-43(57)45-35(29-11-5-3-6-12-29)41(55)53-25-9-15-33(53)39-47-37(49-51-39)31-21-17-27(18-22-31)28-19-23-32(24-20-28)38-48-40(52-50-38)34-16-10-26-54(34)42(56)36(46-44(58)60-2)30-13-7-4-8-14-30/h3-8,11-14,17-24,33-36H,9-10,15-16,25-26H2,1-2H3,(H,45,57)(H,46,58)(H,47,49,51)(H,48,50,52)/t33-,34-,35+,36+/m0/s1. The summed E-state index contributed by atoms with van der Waals surface area (Å²) in [5.74, 6) is 1.68. The van der Waals surface area contributed by atoms with Gasteiger partial charge in [0.05, 0.1) is 26.3 Å². The van der Waals surface area contributed by atoms with Crippen molar-refractivity contribution in [3.8, 4) is 33.9 Å². The third kappa shape index (κ3) is 8.30. The van der Waals surface area contributed by atoms with Crippen molar-refractivity contribution in [1.29, 1.82) is 0 Å². The number of nitrogens with one attached hydrogen (secondary N) is 4. The van der Waals surface area contributed by atoms with Gasteiger partial charge in [0, 0.05) is 24.2 Å². The lowest BCUT2D eigenvalue weighted by Crippen LogP contribution is -2.42. The molecule has 2 aliphatic rings. The predicted molar refractivity (Wildman–Crippen MR) is 219 cm³/mol. The maximum atomic E-state index is 13.9. The summed E-state index contributed by atoms with van der Waals surface area (Å²) in [5.41, 5.74) is 4.92. The number of carbonyl (C=O) groups is 4. The van der Waals surface area contributed by atoms with E-state index in [9.17, 15) is 19.2 Å². The molecule has 4 atom stereocenters. The zero-order valence-electron chi connectivity index (χ0n) is 33.1. The van der Waals surface area contributed by atoms with Crippen molar-refractivity contribution in [3.63, 3.8) is 0 Å². The number of aromatic amines is 2. The van der Waals surface area contributed by atoms with Crippen LogP contribution in [0.5, 0.6) is 0 Å². The first kappa shape index (κ1) is 39.5. The first-order valence-corrected chi connectivity index (χ1v) is 19.8. The van der Waals surface area contributed by atoms with Gasteiger partial charge in [-0.25, -0.2) is 19.6 Å². The molecule has 0 spiro atoms. The van der Waals surface area contributed by atoms with Crippen molar-refractivity contribution in [3.05, 3.63) is 132 Å². The van der Waals surface area contributed by atoms with E-state index in [2.05, 4.69) is 31.0 Å². The third-order valence-corrected chi connectivity index (χ3v) is 11.0. The van der Waals surface area contributed by atoms with Crippen LogP contribution < -0.4 is 10.6 Å². The summed E-state index contributed by atoms with van der Waals surface area (Å²) < 4.78 is 9.63. The van der Waals surface area contributed by atoms with Crippen LogP contribution in [0.1, 0.15) is 72.6 Å². The number of ether oxygens (including phenoxy) is 2. The predicted octanol–water partition coefficient (Wildman–Crippen LogP) is 6.45. The lowest BCUT2D eigenvalue weighted by molar-refractivity contribution is -0.135. The Balaban J connectivity index is 0.928. The number of carbonyl (C=O) groups excluding carboxylic acids is 4. The second-order valence-corrected chi connectivity index (χ2v) is 14.6. The Bertz CT molecular complexity index is 2270. The minimum absolute atomic E-state index is 0.248. The number of benzene rings is 4. The first-order chi connectivity index (χ1) is 29.3. The first-order valence-electron chi connectivity index (χ1n) is 19.8. The molecule has 306 valence electrons. The molecule has 0 bridgehead atoms. The molecule has 2 aliphatic heterocycles. The maximum Gasteiger partial charge on any atom is 0.407 e. The maximum absolute atomic E-state index is 13.9. The van der Waals surface area contributed by atoms with E-state index in [1.54, 1.807) is 34.1 Å². The minimum Gasteiger partial charge on any atom is -0.453 e. The zero-order valence-corrected chi connectivity index (χ0v) is 33.1. The summed E-state index contributed by atoms with van der Waals surface area (Å²) >= 11 is 0. The van der Waals surface area contributed by atoms with E-state index in [4.69, 9.17) is 19.4 Å². The van der Waals surface area contributed by atoms with Crippen molar-refractivity contribution in [2.24, 2.45) is 0 Å². The lowest BCUT2D eigenvalue weighted by atomic mass is 10.0.